The predicted octanol–water partition coefficient (Wildman–Crippen LogP) is 1.82. The summed E-state index contributed by atoms with van der Waals surface area (Å²) in [5.41, 5.74) is 13.8. The van der Waals surface area contributed by atoms with Crippen LogP contribution in [0.3, 0.4) is 0 Å². The van der Waals surface area contributed by atoms with E-state index in [9.17, 15) is 4.79 Å². The van der Waals surface area contributed by atoms with Crippen molar-refractivity contribution in [2.45, 2.75) is 25.2 Å². The van der Waals surface area contributed by atoms with E-state index < -0.39 is 6.17 Å². The molecule has 0 radical (unpaired) electrons. The number of carbonyl (C=O) groups is 1. The van der Waals surface area contributed by atoms with Gasteiger partial charge in [0.15, 0.2) is 0 Å². The van der Waals surface area contributed by atoms with Crippen LogP contribution in [-0.4, -0.2) is 28.2 Å². The molecule has 2 aromatic heterocycles. The largest absolute Gasteiger partial charge is 0.464 e. The molecule has 2 aliphatic heterocycles. The number of pyridine rings is 1. The lowest BCUT2D eigenvalue weighted by Crippen LogP contribution is -2.52. The van der Waals surface area contributed by atoms with Crippen molar-refractivity contribution in [2.24, 2.45) is 5.73 Å². The first kappa shape index (κ1) is 16.0. The van der Waals surface area contributed by atoms with Crippen molar-refractivity contribution in [3.8, 4) is 0 Å². The van der Waals surface area contributed by atoms with E-state index in [0.29, 0.717) is 0 Å². The van der Waals surface area contributed by atoms with Crippen LogP contribution in [0.1, 0.15) is 22.7 Å². The molecule has 7 nitrogen and oxygen atoms in total. The number of amides is 1. The van der Waals surface area contributed by atoms with Gasteiger partial charge >= 0.3 is 0 Å². The maximum Gasteiger partial charge on any atom is 0.264 e. The van der Waals surface area contributed by atoms with Crippen molar-refractivity contribution < 1.29 is 9.21 Å². The second kappa shape index (κ2) is 5.94. The van der Waals surface area contributed by atoms with Gasteiger partial charge in [-0.3, -0.25) is 9.78 Å². The number of hydrogen-bond acceptors (Lipinski definition) is 6. The first-order valence-corrected chi connectivity index (χ1v) is 8.84. The van der Waals surface area contributed by atoms with Crippen molar-refractivity contribution in [2.75, 3.05) is 0 Å². The predicted molar refractivity (Wildman–Crippen MR) is 101 cm³/mol. The van der Waals surface area contributed by atoms with E-state index in [1.165, 1.54) is 0 Å². The Morgan fingerprint density at radius 2 is 2.15 bits per heavy atom. The molecular weight excluding hydrogens is 342 g/mol. The summed E-state index contributed by atoms with van der Waals surface area (Å²) in [5.74, 6) is -0.301. The average Bonchev–Trinajstić information content (AvgIpc) is 3.22. The fourth-order valence-corrected chi connectivity index (χ4v) is 3.84. The van der Waals surface area contributed by atoms with Crippen molar-refractivity contribution >= 4 is 22.6 Å². The van der Waals surface area contributed by atoms with Gasteiger partial charge in [-0.25, -0.2) is 10.4 Å². The Hall–Kier alpha value is -3.16. The fourth-order valence-electron chi connectivity index (χ4n) is 3.84. The minimum absolute atomic E-state index is 0.133. The Labute approximate surface area is 155 Å². The van der Waals surface area contributed by atoms with Crippen LogP contribution < -0.4 is 16.5 Å². The zero-order chi connectivity index (χ0) is 18.5. The number of carbonyl (C=O) groups excluding carboxylic acids is 1. The maximum atomic E-state index is 12.7. The number of nitrogens with one attached hydrogen (secondary N) is 2. The molecule has 4 N–H and O–H groups in total. The van der Waals surface area contributed by atoms with Crippen LogP contribution in [0.2, 0.25) is 0 Å². The summed E-state index contributed by atoms with van der Waals surface area (Å²) in [6.45, 7) is 2.00. The van der Waals surface area contributed by atoms with Crippen LogP contribution in [0.15, 0.2) is 59.4 Å². The molecule has 1 aromatic carbocycles. The molecule has 0 aliphatic carbocycles. The van der Waals surface area contributed by atoms with Crippen LogP contribution in [0.25, 0.3) is 16.7 Å². The molecule has 1 saturated heterocycles. The molecule has 1 amide bonds. The van der Waals surface area contributed by atoms with Crippen LogP contribution in [0.4, 0.5) is 0 Å². The zero-order valence-corrected chi connectivity index (χ0v) is 14.7. The van der Waals surface area contributed by atoms with Gasteiger partial charge in [0.1, 0.15) is 11.7 Å². The third kappa shape index (κ3) is 2.51. The summed E-state index contributed by atoms with van der Waals surface area (Å²) < 4.78 is 5.52. The van der Waals surface area contributed by atoms with E-state index in [1.807, 2.05) is 43.3 Å². The number of hydrazine groups is 1. The molecule has 1 fully saturated rings. The van der Waals surface area contributed by atoms with E-state index in [0.717, 1.165) is 33.5 Å². The van der Waals surface area contributed by atoms with Crippen LogP contribution in [0, 0.1) is 6.92 Å². The molecule has 136 valence electrons. The Morgan fingerprint density at radius 1 is 1.26 bits per heavy atom. The van der Waals surface area contributed by atoms with Crippen LogP contribution in [-0.2, 0) is 4.79 Å². The minimum atomic E-state index is -0.410. The topological polar surface area (TPSA) is 96.4 Å². The SMILES string of the molecule is Cc1coc2ccc(C3=CC(=O)N4NC(N)C(c5ccccn5)C4N3)cc12. The number of aromatic nitrogens is 1. The van der Waals surface area contributed by atoms with Crippen molar-refractivity contribution in [1.82, 2.24) is 20.7 Å². The minimum Gasteiger partial charge on any atom is -0.464 e. The number of nitrogens with two attached hydrogens (primary N) is 1. The van der Waals surface area contributed by atoms with Crippen molar-refractivity contribution in [3.05, 3.63) is 71.8 Å². The molecule has 0 saturated carbocycles. The van der Waals surface area contributed by atoms with E-state index in [2.05, 4.69) is 15.7 Å². The van der Waals surface area contributed by atoms with Gasteiger partial charge in [-0.1, -0.05) is 6.07 Å². The number of benzene rings is 1. The first-order chi connectivity index (χ1) is 13.1. The van der Waals surface area contributed by atoms with Gasteiger partial charge in [0.05, 0.1) is 24.0 Å². The molecule has 5 rings (SSSR count). The first-order valence-electron chi connectivity index (χ1n) is 8.84. The van der Waals surface area contributed by atoms with Gasteiger partial charge in [-0.05, 0) is 48.4 Å². The highest BCUT2D eigenvalue weighted by molar-refractivity contribution is 5.98. The lowest BCUT2D eigenvalue weighted by Gasteiger charge is -2.32. The Kier molecular flexibility index (Phi) is 3.53. The third-order valence-corrected chi connectivity index (χ3v) is 5.21. The average molecular weight is 361 g/mol. The van der Waals surface area contributed by atoms with Gasteiger partial charge in [-0.2, -0.15) is 0 Å². The highest BCUT2D eigenvalue weighted by atomic mass is 16.3. The fraction of sp³-hybridized carbons (Fsp3) is 0.200. The molecule has 7 heteroatoms. The lowest BCUT2D eigenvalue weighted by atomic mass is 9.97. The summed E-state index contributed by atoms with van der Waals surface area (Å²) in [6.07, 6.45) is 4.34. The lowest BCUT2D eigenvalue weighted by molar-refractivity contribution is -0.131. The van der Waals surface area contributed by atoms with Crippen molar-refractivity contribution in [1.29, 1.82) is 0 Å². The zero-order valence-electron chi connectivity index (χ0n) is 14.7. The van der Waals surface area contributed by atoms with Crippen molar-refractivity contribution in [3.63, 3.8) is 0 Å². The smallest absolute Gasteiger partial charge is 0.264 e. The summed E-state index contributed by atoms with van der Waals surface area (Å²) in [4.78, 5) is 17.2. The van der Waals surface area contributed by atoms with E-state index >= 15 is 0 Å². The summed E-state index contributed by atoms with van der Waals surface area (Å²) in [7, 11) is 0. The Morgan fingerprint density at radius 3 is 2.96 bits per heavy atom. The van der Waals surface area contributed by atoms with Crippen LogP contribution >= 0.6 is 0 Å². The highest BCUT2D eigenvalue weighted by Crippen LogP contribution is 2.33. The summed E-state index contributed by atoms with van der Waals surface area (Å²) in [5, 5.41) is 6.06. The van der Waals surface area contributed by atoms with Gasteiger partial charge in [-0.15, -0.1) is 0 Å². The quantitative estimate of drug-likeness (QED) is 0.644. The van der Waals surface area contributed by atoms with Gasteiger partial charge in [0.25, 0.3) is 5.91 Å². The Bertz CT molecular complexity index is 1060. The molecule has 0 spiro atoms. The van der Waals surface area contributed by atoms with Crippen LogP contribution in [0.5, 0.6) is 0 Å². The van der Waals surface area contributed by atoms with Gasteiger partial charge < -0.3 is 15.5 Å². The number of hydrogen-bond donors (Lipinski definition) is 3. The highest BCUT2D eigenvalue weighted by Gasteiger charge is 2.45. The summed E-state index contributed by atoms with van der Waals surface area (Å²) >= 11 is 0. The number of nitrogens with zero attached hydrogens (tertiary/aromatic N) is 2. The monoisotopic (exact) mass is 361 g/mol. The number of fused-ring (bicyclic) bond motifs is 2. The normalized spacial score (nSPS) is 24.7. The maximum absolute atomic E-state index is 12.7. The number of furan rings is 1. The molecule has 0 bridgehead atoms. The number of aryl methyl sites for hydroxylation is 1. The van der Waals surface area contributed by atoms with E-state index in [-0.39, 0.29) is 18.0 Å². The van der Waals surface area contributed by atoms with E-state index in [1.54, 1.807) is 23.5 Å². The van der Waals surface area contributed by atoms with E-state index in [4.69, 9.17) is 10.2 Å². The molecule has 3 unspecified atom stereocenters. The third-order valence-electron chi connectivity index (χ3n) is 5.21. The van der Waals surface area contributed by atoms with Gasteiger partial charge in [0, 0.05) is 23.4 Å². The molecule has 4 heterocycles. The number of rotatable bonds is 2. The molecule has 3 aromatic rings. The second-order valence-corrected chi connectivity index (χ2v) is 6.92. The summed E-state index contributed by atoms with van der Waals surface area (Å²) in [6, 6.07) is 11.6. The second-order valence-electron chi connectivity index (χ2n) is 6.92. The molecule has 27 heavy (non-hydrogen) atoms. The molecular formula is C20H19N5O2. The molecule has 2 aliphatic rings. The molecule has 3 atom stereocenters. The standard InChI is InChI=1S/C20H19N5O2/c1-11-10-27-16-6-5-12(8-13(11)16)15-9-17(26)25-20(23-15)18(19(21)24-25)14-4-2-3-7-22-14/h2-10,18-20,23-24H,21H2,1H3. The van der Waals surface area contributed by atoms with Gasteiger partial charge in [0.2, 0.25) is 0 Å². The Balaban J connectivity index is 1.53.